The highest BCUT2D eigenvalue weighted by atomic mass is 16.5. The average Bonchev–Trinajstić information content (AvgIpc) is 3.11. The number of hydrogen-bond donors (Lipinski definition) is 1. The molecule has 0 aliphatic carbocycles. The molecule has 1 N–H and O–H groups in total. The van der Waals surface area contributed by atoms with Gasteiger partial charge in [-0.1, -0.05) is 37.6 Å². The Hall–Kier alpha value is -1.85. The molecule has 0 bridgehead atoms. The van der Waals surface area contributed by atoms with Gasteiger partial charge >= 0.3 is 0 Å². The molecule has 1 aliphatic heterocycles. The molecule has 1 fully saturated rings. The molecule has 0 amide bonds. The maximum absolute atomic E-state index is 11.0. The number of aliphatic hydroxyl groups is 1. The summed E-state index contributed by atoms with van der Waals surface area (Å²) in [5.74, 6) is 2.24. The Kier molecular flexibility index (Phi) is 5.99. The van der Waals surface area contributed by atoms with Crippen molar-refractivity contribution in [2.45, 2.75) is 45.1 Å². The van der Waals surface area contributed by atoms with Crippen molar-refractivity contribution in [1.82, 2.24) is 10.1 Å². The van der Waals surface area contributed by atoms with Crippen LogP contribution < -0.4 is 4.74 Å². The first-order chi connectivity index (χ1) is 12.5. The van der Waals surface area contributed by atoms with Crippen LogP contribution in [-0.2, 0) is 6.42 Å². The molecule has 1 aromatic heterocycles. The Morgan fingerprint density at radius 2 is 2.08 bits per heavy atom. The fraction of sp³-hybridized carbons (Fsp3) is 0.571. The summed E-state index contributed by atoms with van der Waals surface area (Å²) in [6.07, 6.45) is 3.27. The van der Waals surface area contributed by atoms with E-state index in [2.05, 4.69) is 23.9 Å². The molecule has 1 atom stereocenters. The molecule has 1 saturated heterocycles. The Morgan fingerprint density at radius 3 is 2.77 bits per heavy atom. The van der Waals surface area contributed by atoms with Crippen LogP contribution >= 0.6 is 0 Å². The zero-order valence-corrected chi connectivity index (χ0v) is 16.1. The summed E-state index contributed by atoms with van der Waals surface area (Å²) in [7, 11) is 1.65. The SMILES string of the molecule is CC[C@H](C)CN1CCC(O)(Cc2cc(-c3cccc(OC)c3)no2)CC1. The summed E-state index contributed by atoms with van der Waals surface area (Å²) >= 11 is 0. The second kappa shape index (κ2) is 8.23. The summed E-state index contributed by atoms with van der Waals surface area (Å²) in [6, 6.07) is 9.68. The number of rotatable bonds is 7. The molecule has 5 heteroatoms. The lowest BCUT2D eigenvalue weighted by molar-refractivity contribution is -0.0272. The Bertz CT molecular complexity index is 705. The highest BCUT2D eigenvalue weighted by molar-refractivity contribution is 5.60. The summed E-state index contributed by atoms with van der Waals surface area (Å²) < 4.78 is 10.8. The molecular formula is C21H30N2O3. The number of aromatic nitrogens is 1. The largest absolute Gasteiger partial charge is 0.497 e. The van der Waals surface area contributed by atoms with Gasteiger partial charge in [0.2, 0.25) is 0 Å². The summed E-state index contributed by atoms with van der Waals surface area (Å²) in [5, 5.41) is 15.1. The van der Waals surface area contributed by atoms with Gasteiger partial charge in [-0.05, 0) is 30.9 Å². The monoisotopic (exact) mass is 358 g/mol. The zero-order valence-electron chi connectivity index (χ0n) is 16.1. The van der Waals surface area contributed by atoms with Gasteiger partial charge in [0.05, 0.1) is 12.7 Å². The molecule has 26 heavy (non-hydrogen) atoms. The third kappa shape index (κ3) is 4.65. The highest BCUT2D eigenvalue weighted by Crippen LogP contribution is 2.29. The first kappa shape index (κ1) is 18.9. The first-order valence-electron chi connectivity index (χ1n) is 9.56. The lowest BCUT2D eigenvalue weighted by atomic mass is 9.87. The molecule has 0 spiro atoms. The van der Waals surface area contributed by atoms with Crippen LogP contribution in [0.15, 0.2) is 34.9 Å². The van der Waals surface area contributed by atoms with Gasteiger partial charge in [-0.2, -0.15) is 0 Å². The first-order valence-corrected chi connectivity index (χ1v) is 9.56. The van der Waals surface area contributed by atoms with Crippen LogP contribution in [0.2, 0.25) is 0 Å². The lowest BCUT2D eigenvalue weighted by Gasteiger charge is -2.38. The van der Waals surface area contributed by atoms with E-state index in [0.29, 0.717) is 12.3 Å². The van der Waals surface area contributed by atoms with Crippen LogP contribution in [0.5, 0.6) is 5.75 Å². The van der Waals surface area contributed by atoms with Gasteiger partial charge in [-0.15, -0.1) is 0 Å². The van der Waals surface area contributed by atoms with Crippen LogP contribution in [0.3, 0.4) is 0 Å². The Morgan fingerprint density at radius 1 is 1.31 bits per heavy atom. The quantitative estimate of drug-likeness (QED) is 0.816. The fourth-order valence-corrected chi connectivity index (χ4v) is 3.54. The lowest BCUT2D eigenvalue weighted by Crippen LogP contribution is -2.46. The minimum atomic E-state index is -0.697. The van der Waals surface area contributed by atoms with Gasteiger partial charge in [-0.25, -0.2) is 0 Å². The van der Waals surface area contributed by atoms with Crippen molar-refractivity contribution >= 4 is 0 Å². The third-order valence-electron chi connectivity index (χ3n) is 5.48. The summed E-state index contributed by atoms with van der Waals surface area (Å²) in [5.41, 5.74) is 1.03. The van der Waals surface area contributed by atoms with Crippen molar-refractivity contribution in [2.75, 3.05) is 26.7 Å². The molecule has 1 aromatic carbocycles. The average molecular weight is 358 g/mol. The molecule has 1 aliphatic rings. The topological polar surface area (TPSA) is 58.7 Å². The van der Waals surface area contributed by atoms with Gasteiger partial charge in [0.25, 0.3) is 0 Å². The summed E-state index contributed by atoms with van der Waals surface area (Å²) in [6.45, 7) is 7.52. The number of piperidine rings is 1. The minimum Gasteiger partial charge on any atom is -0.497 e. The standard InChI is InChI=1S/C21H30N2O3/c1-4-16(2)15-23-10-8-21(24,9-11-23)14-19-13-20(22-26-19)17-6-5-7-18(12-17)25-3/h5-7,12-13,16,24H,4,8-11,14-15H2,1-3H3/t16-/m0/s1. The molecule has 0 radical (unpaired) electrons. The van der Waals surface area contributed by atoms with Crippen LogP contribution in [0.25, 0.3) is 11.3 Å². The van der Waals surface area contributed by atoms with E-state index >= 15 is 0 Å². The summed E-state index contributed by atoms with van der Waals surface area (Å²) in [4.78, 5) is 2.46. The van der Waals surface area contributed by atoms with Gasteiger partial charge < -0.3 is 19.3 Å². The molecule has 3 rings (SSSR count). The van der Waals surface area contributed by atoms with Crippen molar-refractivity contribution in [2.24, 2.45) is 5.92 Å². The molecule has 0 unspecified atom stereocenters. The van der Waals surface area contributed by atoms with E-state index in [0.717, 1.165) is 55.2 Å². The van der Waals surface area contributed by atoms with Crippen molar-refractivity contribution in [3.05, 3.63) is 36.1 Å². The van der Waals surface area contributed by atoms with E-state index < -0.39 is 5.60 Å². The second-order valence-electron chi connectivity index (χ2n) is 7.63. The van der Waals surface area contributed by atoms with Gasteiger partial charge in [0, 0.05) is 37.7 Å². The molecular weight excluding hydrogens is 328 g/mol. The number of ether oxygens (including phenoxy) is 1. The van der Waals surface area contributed by atoms with Crippen LogP contribution in [0.4, 0.5) is 0 Å². The number of methoxy groups -OCH3 is 1. The van der Waals surface area contributed by atoms with Crippen LogP contribution in [0.1, 0.15) is 38.9 Å². The Labute approximate surface area is 155 Å². The fourth-order valence-electron chi connectivity index (χ4n) is 3.54. The minimum absolute atomic E-state index is 0.515. The number of likely N-dealkylation sites (tertiary alicyclic amines) is 1. The normalized spacial score (nSPS) is 18.6. The number of hydrogen-bond acceptors (Lipinski definition) is 5. The van der Waals surface area contributed by atoms with Crippen molar-refractivity contribution in [3.8, 4) is 17.0 Å². The van der Waals surface area contributed by atoms with Crippen molar-refractivity contribution < 1.29 is 14.4 Å². The van der Waals surface area contributed by atoms with E-state index in [1.54, 1.807) is 7.11 Å². The number of nitrogens with zero attached hydrogens (tertiary/aromatic N) is 2. The maximum atomic E-state index is 11.0. The predicted molar refractivity (Wildman–Crippen MR) is 102 cm³/mol. The van der Waals surface area contributed by atoms with Crippen molar-refractivity contribution in [3.63, 3.8) is 0 Å². The molecule has 0 saturated carbocycles. The molecule has 5 nitrogen and oxygen atoms in total. The molecule has 2 aromatic rings. The van der Waals surface area contributed by atoms with E-state index in [9.17, 15) is 5.11 Å². The predicted octanol–water partition coefficient (Wildman–Crippen LogP) is 3.77. The zero-order chi connectivity index (χ0) is 18.6. The highest BCUT2D eigenvalue weighted by Gasteiger charge is 2.34. The van der Waals surface area contributed by atoms with Crippen LogP contribution in [0, 0.1) is 5.92 Å². The van der Waals surface area contributed by atoms with E-state index in [-0.39, 0.29) is 0 Å². The molecule has 2 heterocycles. The van der Waals surface area contributed by atoms with Crippen molar-refractivity contribution in [1.29, 1.82) is 0 Å². The maximum Gasteiger partial charge on any atom is 0.140 e. The van der Waals surface area contributed by atoms with Crippen LogP contribution in [-0.4, -0.2) is 47.5 Å². The number of benzene rings is 1. The van der Waals surface area contributed by atoms with Gasteiger partial charge in [-0.3, -0.25) is 0 Å². The Balaban J connectivity index is 1.60. The molecule has 142 valence electrons. The van der Waals surface area contributed by atoms with E-state index in [1.807, 2.05) is 30.3 Å². The van der Waals surface area contributed by atoms with E-state index in [1.165, 1.54) is 6.42 Å². The third-order valence-corrected chi connectivity index (χ3v) is 5.48. The van der Waals surface area contributed by atoms with E-state index in [4.69, 9.17) is 9.26 Å². The van der Waals surface area contributed by atoms with Gasteiger partial charge in [0.15, 0.2) is 0 Å². The van der Waals surface area contributed by atoms with Gasteiger partial charge in [0.1, 0.15) is 17.2 Å². The second-order valence-corrected chi connectivity index (χ2v) is 7.63. The smallest absolute Gasteiger partial charge is 0.140 e.